The molecule has 2 N–H and O–H groups in total. The van der Waals surface area contributed by atoms with Crippen molar-refractivity contribution >= 4 is 17.5 Å². The molecule has 186 valence electrons. The van der Waals surface area contributed by atoms with Crippen molar-refractivity contribution in [3.05, 3.63) is 64.2 Å². The maximum atomic E-state index is 13.1. The van der Waals surface area contributed by atoms with Gasteiger partial charge in [0.2, 0.25) is 0 Å². The number of carbonyl (C=O) groups excluding carboxylic acids is 1. The summed E-state index contributed by atoms with van der Waals surface area (Å²) in [4.78, 5) is 13.1. The van der Waals surface area contributed by atoms with Crippen LogP contribution in [-0.4, -0.2) is 43.0 Å². The Bertz CT molecular complexity index is 1120. The normalized spacial score (nSPS) is 23.3. The Morgan fingerprint density at radius 2 is 1.83 bits per heavy atom. The number of aliphatic hydroxyl groups excluding tert-OH is 1. The van der Waals surface area contributed by atoms with Crippen molar-refractivity contribution in [3.63, 3.8) is 0 Å². The Morgan fingerprint density at radius 3 is 2.34 bits per heavy atom. The van der Waals surface area contributed by atoms with Crippen LogP contribution in [0.5, 0.6) is 5.75 Å². The van der Waals surface area contributed by atoms with Crippen LogP contribution in [0, 0.1) is 27.6 Å². The number of carbonyl (C=O) groups is 1. The first-order valence-corrected chi connectivity index (χ1v) is 12.3. The van der Waals surface area contributed by atoms with Crippen LogP contribution in [0.2, 0.25) is 5.02 Å². The minimum Gasteiger partial charge on any atom is -0.489 e. The molecule has 2 aliphatic rings. The first-order valence-electron chi connectivity index (χ1n) is 12.0. The average molecular weight is 497 g/mol. The van der Waals surface area contributed by atoms with E-state index in [1.54, 1.807) is 18.2 Å². The number of hydrogen-bond acceptors (Lipinski definition) is 5. The highest BCUT2D eigenvalue weighted by molar-refractivity contribution is 6.31. The van der Waals surface area contributed by atoms with E-state index in [9.17, 15) is 9.90 Å². The van der Waals surface area contributed by atoms with E-state index in [4.69, 9.17) is 26.3 Å². The molecule has 2 fully saturated rings. The van der Waals surface area contributed by atoms with Crippen LogP contribution in [0.4, 0.5) is 0 Å². The van der Waals surface area contributed by atoms with Gasteiger partial charge >= 0.3 is 0 Å². The van der Waals surface area contributed by atoms with Crippen molar-refractivity contribution in [2.45, 2.75) is 52.7 Å². The highest BCUT2D eigenvalue weighted by Gasteiger charge is 2.64. The van der Waals surface area contributed by atoms with Crippen molar-refractivity contribution in [2.24, 2.45) is 16.2 Å². The lowest BCUT2D eigenvalue weighted by atomic mass is 9.49. The molecule has 0 unspecified atom stereocenters. The van der Waals surface area contributed by atoms with Crippen molar-refractivity contribution < 1.29 is 19.4 Å². The van der Waals surface area contributed by atoms with Gasteiger partial charge in [0.25, 0.3) is 5.91 Å². The number of hydrogen-bond donors (Lipinski definition) is 2. The van der Waals surface area contributed by atoms with Gasteiger partial charge in [0.05, 0.1) is 23.8 Å². The standard InChI is InChI=1S/C28H33ClN2O4/c1-26(2)24(27(3,4)25(26)35-21-10-9-20(15-30)22(29)13-21)31-23(33)19-7-5-18(6-8-19)14-28(11-12-32)16-34-17-28/h5-10,13,24-25,32H,11-12,14,16-17H2,1-4H3,(H,31,33)/t24-,25-. The van der Waals surface area contributed by atoms with Crippen LogP contribution in [0.1, 0.15) is 55.6 Å². The van der Waals surface area contributed by atoms with Crippen LogP contribution in [0.25, 0.3) is 0 Å². The quantitative estimate of drug-likeness (QED) is 0.549. The number of ether oxygens (including phenoxy) is 2. The SMILES string of the molecule is CC1(C)[C@H](NC(=O)c2ccc(CC3(CCO)COC3)cc2)C(C)(C)[C@H]1Oc1ccc(C#N)c(Cl)c1. The number of aliphatic hydroxyl groups is 1. The average Bonchev–Trinajstić information content (AvgIpc) is 2.79. The van der Waals surface area contributed by atoms with Crippen LogP contribution in [0.15, 0.2) is 42.5 Å². The zero-order valence-corrected chi connectivity index (χ0v) is 21.5. The highest BCUT2D eigenvalue weighted by Crippen LogP contribution is 2.55. The van der Waals surface area contributed by atoms with E-state index in [0.29, 0.717) is 35.1 Å². The molecule has 1 saturated carbocycles. The van der Waals surface area contributed by atoms with E-state index in [1.807, 2.05) is 24.3 Å². The van der Waals surface area contributed by atoms with E-state index in [1.165, 1.54) is 0 Å². The third kappa shape index (κ3) is 4.78. The van der Waals surface area contributed by atoms with Gasteiger partial charge in [0.15, 0.2) is 0 Å². The summed E-state index contributed by atoms with van der Waals surface area (Å²) < 4.78 is 11.7. The summed E-state index contributed by atoms with van der Waals surface area (Å²) in [5.74, 6) is 0.496. The fourth-order valence-electron chi connectivity index (χ4n) is 5.98. The topological polar surface area (TPSA) is 91.6 Å². The number of rotatable bonds is 8. The lowest BCUT2D eigenvalue weighted by Gasteiger charge is -2.63. The summed E-state index contributed by atoms with van der Waals surface area (Å²) in [5, 5.41) is 22.0. The lowest BCUT2D eigenvalue weighted by molar-refractivity contribution is -0.164. The van der Waals surface area contributed by atoms with Gasteiger partial charge in [-0.1, -0.05) is 51.4 Å². The molecular formula is C28H33ClN2O4. The summed E-state index contributed by atoms with van der Waals surface area (Å²) >= 11 is 6.18. The van der Waals surface area contributed by atoms with Gasteiger partial charge in [-0.3, -0.25) is 4.79 Å². The first kappa shape index (κ1) is 25.5. The largest absolute Gasteiger partial charge is 0.489 e. The molecule has 1 saturated heterocycles. The van der Waals surface area contributed by atoms with E-state index in [2.05, 4.69) is 39.1 Å². The minimum absolute atomic E-state index is 0.00662. The molecule has 0 bridgehead atoms. The number of benzene rings is 2. The number of nitriles is 1. The highest BCUT2D eigenvalue weighted by atomic mass is 35.5. The Labute approximate surface area is 212 Å². The second-order valence-corrected chi connectivity index (χ2v) is 11.5. The molecule has 2 aromatic rings. The number of amides is 1. The van der Waals surface area contributed by atoms with Crippen LogP contribution < -0.4 is 10.1 Å². The molecule has 35 heavy (non-hydrogen) atoms. The summed E-state index contributed by atoms with van der Waals surface area (Å²) in [7, 11) is 0. The van der Waals surface area contributed by atoms with Gasteiger partial charge in [0, 0.05) is 40.5 Å². The fourth-order valence-corrected chi connectivity index (χ4v) is 6.19. The van der Waals surface area contributed by atoms with Gasteiger partial charge < -0.3 is 19.9 Å². The molecule has 0 atom stereocenters. The number of nitrogens with zero attached hydrogens (tertiary/aromatic N) is 1. The van der Waals surface area contributed by atoms with Crippen molar-refractivity contribution in [1.29, 1.82) is 5.26 Å². The molecule has 4 rings (SSSR count). The van der Waals surface area contributed by atoms with Gasteiger partial charge in [0.1, 0.15) is 17.9 Å². The summed E-state index contributed by atoms with van der Waals surface area (Å²) in [6, 6.07) is 14.7. The first-order chi connectivity index (χ1) is 16.5. The monoisotopic (exact) mass is 496 g/mol. The Kier molecular flexibility index (Phi) is 6.89. The van der Waals surface area contributed by atoms with Crippen LogP contribution in [0.3, 0.4) is 0 Å². The lowest BCUT2D eigenvalue weighted by Crippen LogP contribution is -2.74. The predicted octanol–water partition coefficient (Wildman–Crippen LogP) is 4.77. The Hall–Kier alpha value is -2.59. The number of nitrogens with one attached hydrogen (secondary N) is 1. The van der Waals surface area contributed by atoms with Crippen molar-refractivity contribution in [1.82, 2.24) is 5.32 Å². The van der Waals surface area contributed by atoms with Gasteiger partial charge in [-0.25, -0.2) is 0 Å². The molecule has 1 amide bonds. The Morgan fingerprint density at radius 1 is 1.17 bits per heavy atom. The van der Waals surface area contributed by atoms with Gasteiger partial charge in [-0.2, -0.15) is 5.26 Å². The van der Waals surface area contributed by atoms with Crippen molar-refractivity contribution in [2.75, 3.05) is 19.8 Å². The molecule has 2 aromatic carbocycles. The van der Waals surface area contributed by atoms with Crippen molar-refractivity contribution in [3.8, 4) is 11.8 Å². The molecule has 1 aliphatic carbocycles. The molecule has 0 aromatic heterocycles. The molecular weight excluding hydrogens is 464 g/mol. The zero-order valence-electron chi connectivity index (χ0n) is 20.7. The molecule has 1 heterocycles. The molecule has 1 aliphatic heterocycles. The second-order valence-electron chi connectivity index (χ2n) is 11.1. The summed E-state index contributed by atoms with van der Waals surface area (Å²) in [6.45, 7) is 9.83. The fraction of sp³-hybridized carbons (Fsp3) is 0.500. The summed E-state index contributed by atoms with van der Waals surface area (Å²) in [6.07, 6.45) is 1.40. The minimum atomic E-state index is -0.319. The van der Waals surface area contributed by atoms with E-state index in [0.717, 1.165) is 18.4 Å². The number of halogens is 1. The molecule has 0 spiro atoms. The Balaban J connectivity index is 1.41. The van der Waals surface area contributed by atoms with Crippen LogP contribution >= 0.6 is 11.6 Å². The van der Waals surface area contributed by atoms with Gasteiger partial charge in [-0.15, -0.1) is 0 Å². The smallest absolute Gasteiger partial charge is 0.251 e. The maximum absolute atomic E-state index is 13.1. The maximum Gasteiger partial charge on any atom is 0.251 e. The molecule has 6 nitrogen and oxygen atoms in total. The van der Waals surface area contributed by atoms with E-state index in [-0.39, 0.29) is 40.9 Å². The van der Waals surface area contributed by atoms with E-state index >= 15 is 0 Å². The third-order valence-corrected chi connectivity index (χ3v) is 8.00. The molecule has 7 heteroatoms. The molecule has 0 radical (unpaired) electrons. The predicted molar refractivity (Wildman–Crippen MR) is 134 cm³/mol. The van der Waals surface area contributed by atoms with E-state index < -0.39 is 0 Å². The third-order valence-electron chi connectivity index (χ3n) is 7.68. The second kappa shape index (κ2) is 9.46. The van der Waals surface area contributed by atoms with Gasteiger partial charge in [-0.05, 0) is 42.7 Å². The zero-order chi connectivity index (χ0) is 25.4. The van der Waals surface area contributed by atoms with Crippen LogP contribution in [-0.2, 0) is 11.2 Å². The summed E-state index contributed by atoms with van der Waals surface area (Å²) in [5.41, 5.74) is 1.53.